The van der Waals surface area contributed by atoms with E-state index in [1.807, 2.05) is 6.07 Å². The summed E-state index contributed by atoms with van der Waals surface area (Å²) in [5.74, 6) is -1.29. The van der Waals surface area contributed by atoms with Gasteiger partial charge < -0.3 is 20.1 Å². The van der Waals surface area contributed by atoms with Crippen LogP contribution in [0.3, 0.4) is 0 Å². The molecule has 0 spiro atoms. The predicted molar refractivity (Wildman–Crippen MR) is 97.4 cm³/mol. The highest BCUT2D eigenvalue weighted by atomic mass is 16.5. The molecule has 0 bridgehead atoms. The van der Waals surface area contributed by atoms with E-state index in [4.69, 9.17) is 15.2 Å². The number of carbonyl (C=O) groups is 3. The van der Waals surface area contributed by atoms with Crippen molar-refractivity contribution in [3.63, 3.8) is 0 Å². The Hall–Kier alpha value is -2.41. The average Bonchev–Trinajstić information content (AvgIpc) is 3.16. The molecule has 1 aliphatic heterocycles. The maximum absolute atomic E-state index is 13.0. The zero-order valence-electron chi connectivity index (χ0n) is 15.4. The smallest absolute Gasteiger partial charge is 0.313 e. The maximum Gasteiger partial charge on any atom is 0.313 e. The Morgan fingerprint density at radius 1 is 1.11 bits per heavy atom. The van der Waals surface area contributed by atoms with Crippen LogP contribution in [0.5, 0.6) is 0 Å². The van der Waals surface area contributed by atoms with Crippen LogP contribution >= 0.6 is 0 Å². The number of esters is 1. The fraction of sp³-hybridized carbons (Fsp3) is 0.550. The minimum Gasteiger partial charge on any atom is -0.447 e. The van der Waals surface area contributed by atoms with Gasteiger partial charge in [-0.25, -0.2) is 0 Å². The number of nitrogens with two attached hydrogens (primary N) is 1. The molecular weight excluding hydrogens is 348 g/mol. The van der Waals surface area contributed by atoms with E-state index in [0.717, 1.165) is 12.8 Å². The van der Waals surface area contributed by atoms with Crippen LogP contribution in [0.25, 0.3) is 0 Å². The summed E-state index contributed by atoms with van der Waals surface area (Å²) < 4.78 is 10.8. The van der Waals surface area contributed by atoms with E-state index < -0.39 is 23.4 Å². The van der Waals surface area contributed by atoms with Gasteiger partial charge in [-0.3, -0.25) is 14.4 Å². The quantitative estimate of drug-likeness (QED) is 0.762. The molecule has 1 atom stereocenters. The van der Waals surface area contributed by atoms with Crippen molar-refractivity contribution in [1.29, 1.82) is 0 Å². The second kappa shape index (κ2) is 8.52. The Labute approximate surface area is 158 Å². The molecule has 3 rings (SSSR count). The number of morpholine rings is 1. The molecule has 2 amide bonds. The highest BCUT2D eigenvalue weighted by Gasteiger charge is 2.46. The van der Waals surface area contributed by atoms with Gasteiger partial charge in [0.2, 0.25) is 12.0 Å². The molecule has 2 aliphatic rings. The lowest BCUT2D eigenvalue weighted by atomic mass is 9.82. The van der Waals surface area contributed by atoms with Crippen molar-refractivity contribution >= 4 is 17.8 Å². The standard InChI is InChI=1S/C20H26N2O5/c21-18(24)17(15-6-2-1-3-7-15)27-19(25)20(8-4-5-9-20)14-16(23)22-10-12-26-13-11-22/h1-3,6-7,17H,4-5,8-14H2,(H2,21,24)/t17-/m1/s1. The maximum atomic E-state index is 13.0. The van der Waals surface area contributed by atoms with Crippen LogP contribution in [0.4, 0.5) is 0 Å². The molecule has 1 aliphatic carbocycles. The van der Waals surface area contributed by atoms with E-state index in [-0.39, 0.29) is 12.3 Å². The summed E-state index contributed by atoms with van der Waals surface area (Å²) in [5, 5.41) is 0. The van der Waals surface area contributed by atoms with Crippen LogP contribution < -0.4 is 5.73 Å². The van der Waals surface area contributed by atoms with E-state index in [1.165, 1.54) is 0 Å². The fourth-order valence-electron chi connectivity index (χ4n) is 3.87. The summed E-state index contributed by atoms with van der Waals surface area (Å²) >= 11 is 0. The number of hydrogen-bond donors (Lipinski definition) is 1. The van der Waals surface area contributed by atoms with E-state index in [0.29, 0.717) is 44.7 Å². The average molecular weight is 374 g/mol. The summed E-state index contributed by atoms with van der Waals surface area (Å²) in [4.78, 5) is 39.4. The third-order valence-corrected chi connectivity index (χ3v) is 5.43. The van der Waals surface area contributed by atoms with Gasteiger partial charge >= 0.3 is 5.97 Å². The summed E-state index contributed by atoms with van der Waals surface area (Å²) in [5.41, 5.74) is 5.13. The summed E-state index contributed by atoms with van der Waals surface area (Å²) in [6.45, 7) is 2.11. The van der Waals surface area contributed by atoms with Crippen molar-refractivity contribution in [2.24, 2.45) is 11.1 Å². The number of carbonyl (C=O) groups excluding carboxylic acids is 3. The topological polar surface area (TPSA) is 98.9 Å². The first-order valence-electron chi connectivity index (χ1n) is 9.43. The number of benzene rings is 1. The summed E-state index contributed by atoms with van der Waals surface area (Å²) in [7, 11) is 0. The number of primary amides is 1. The number of hydrogen-bond acceptors (Lipinski definition) is 5. The Bertz CT molecular complexity index is 679. The van der Waals surface area contributed by atoms with Gasteiger partial charge in [0.25, 0.3) is 5.91 Å². The number of amides is 2. The summed E-state index contributed by atoms with van der Waals surface area (Å²) in [6.07, 6.45) is 1.85. The van der Waals surface area contributed by atoms with Crippen LogP contribution in [-0.2, 0) is 23.9 Å². The Morgan fingerprint density at radius 3 is 2.33 bits per heavy atom. The molecule has 1 saturated carbocycles. The van der Waals surface area contributed by atoms with Crippen molar-refractivity contribution in [2.45, 2.75) is 38.2 Å². The van der Waals surface area contributed by atoms with Crippen molar-refractivity contribution in [1.82, 2.24) is 4.90 Å². The van der Waals surface area contributed by atoms with Crippen LogP contribution in [-0.4, -0.2) is 49.0 Å². The zero-order valence-corrected chi connectivity index (χ0v) is 15.4. The van der Waals surface area contributed by atoms with E-state index in [2.05, 4.69) is 0 Å². The predicted octanol–water partition coefficient (Wildman–Crippen LogP) is 1.57. The highest BCUT2D eigenvalue weighted by Crippen LogP contribution is 2.43. The summed E-state index contributed by atoms with van der Waals surface area (Å²) in [6, 6.07) is 8.72. The van der Waals surface area contributed by atoms with Gasteiger partial charge in [0.05, 0.1) is 18.6 Å². The van der Waals surface area contributed by atoms with Gasteiger partial charge in [0.15, 0.2) is 0 Å². The Balaban J connectivity index is 1.74. The van der Waals surface area contributed by atoms with Gasteiger partial charge in [-0.15, -0.1) is 0 Å². The van der Waals surface area contributed by atoms with Crippen molar-refractivity contribution in [3.05, 3.63) is 35.9 Å². The molecule has 1 aromatic rings. The van der Waals surface area contributed by atoms with Crippen LogP contribution in [0.2, 0.25) is 0 Å². The van der Waals surface area contributed by atoms with Gasteiger partial charge in [0.1, 0.15) is 0 Å². The second-order valence-electron chi connectivity index (χ2n) is 7.26. The van der Waals surface area contributed by atoms with Crippen molar-refractivity contribution in [2.75, 3.05) is 26.3 Å². The molecule has 0 aromatic heterocycles. The molecule has 7 nitrogen and oxygen atoms in total. The largest absolute Gasteiger partial charge is 0.447 e. The van der Waals surface area contributed by atoms with E-state index in [9.17, 15) is 14.4 Å². The van der Waals surface area contributed by atoms with Crippen LogP contribution in [0.15, 0.2) is 30.3 Å². The molecule has 2 fully saturated rings. The number of nitrogens with zero attached hydrogens (tertiary/aromatic N) is 1. The lowest BCUT2D eigenvalue weighted by molar-refractivity contribution is -0.168. The first-order valence-corrected chi connectivity index (χ1v) is 9.43. The van der Waals surface area contributed by atoms with Gasteiger partial charge in [-0.2, -0.15) is 0 Å². The molecule has 1 saturated heterocycles. The molecule has 1 aromatic carbocycles. The second-order valence-corrected chi connectivity index (χ2v) is 7.26. The van der Waals surface area contributed by atoms with Crippen LogP contribution in [0, 0.1) is 5.41 Å². The monoisotopic (exact) mass is 374 g/mol. The third kappa shape index (κ3) is 4.47. The SMILES string of the molecule is NC(=O)[C@H](OC(=O)C1(CC(=O)N2CCOCC2)CCCC1)c1ccccc1. The van der Waals surface area contributed by atoms with E-state index in [1.54, 1.807) is 29.2 Å². The minimum atomic E-state index is -1.14. The van der Waals surface area contributed by atoms with Gasteiger partial charge in [-0.05, 0) is 12.8 Å². The Kier molecular flexibility index (Phi) is 6.11. The third-order valence-electron chi connectivity index (χ3n) is 5.43. The van der Waals surface area contributed by atoms with Crippen LogP contribution in [0.1, 0.15) is 43.8 Å². The highest BCUT2D eigenvalue weighted by molar-refractivity contribution is 5.89. The molecule has 27 heavy (non-hydrogen) atoms. The normalized spacial score (nSPS) is 20.1. The molecule has 7 heteroatoms. The fourth-order valence-corrected chi connectivity index (χ4v) is 3.87. The minimum absolute atomic E-state index is 0.0625. The first-order chi connectivity index (χ1) is 13.0. The molecule has 0 radical (unpaired) electrons. The van der Waals surface area contributed by atoms with E-state index >= 15 is 0 Å². The lowest BCUT2D eigenvalue weighted by Crippen LogP contribution is -2.44. The zero-order chi connectivity index (χ0) is 19.3. The van der Waals surface area contributed by atoms with Gasteiger partial charge in [0, 0.05) is 25.1 Å². The Morgan fingerprint density at radius 2 is 1.74 bits per heavy atom. The molecular formula is C20H26N2O5. The van der Waals surface area contributed by atoms with Crippen molar-refractivity contribution < 1.29 is 23.9 Å². The first kappa shape index (κ1) is 19.4. The molecule has 1 heterocycles. The lowest BCUT2D eigenvalue weighted by Gasteiger charge is -2.32. The van der Waals surface area contributed by atoms with Crippen molar-refractivity contribution in [3.8, 4) is 0 Å². The van der Waals surface area contributed by atoms with Gasteiger partial charge in [-0.1, -0.05) is 43.2 Å². The molecule has 2 N–H and O–H groups in total. The molecule has 146 valence electrons. The molecule has 0 unspecified atom stereocenters. The number of ether oxygens (including phenoxy) is 2. The number of rotatable bonds is 6.